The van der Waals surface area contributed by atoms with Crippen LogP contribution in [0.4, 0.5) is 16.3 Å². The molecule has 0 radical (unpaired) electrons. The molecule has 13 heteroatoms. The Morgan fingerprint density at radius 1 is 1.17 bits per heavy atom. The Kier molecular flexibility index (Phi) is 11.2. The molecule has 0 unspecified atom stereocenters. The number of carboxylic acid groups (broad SMARTS) is 1. The van der Waals surface area contributed by atoms with E-state index in [2.05, 4.69) is 60.1 Å². The van der Waals surface area contributed by atoms with Crippen molar-refractivity contribution in [3.05, 3.63) is 48.4 Å². The summed E-state index contributed by atoms with van der Waals surface area (Å²) in [6.45, 7) is 11.9. The number of anilines is 2. The molecule has 2 amide bonds. The van der Waals surface area contributed by atoms with Gasteiger partial charge in [-0.25, -0.2) is 14.8 Å². The van der Waals surface area contributed by atoms with E-state index in [4.69, 9.17) is 20.4 Å². The van der Waals surface area contributed by atoms with Crippen LogP contribution in [-0.4, -0.2) is 91.2 Å². The van der Waals surface area contributed by atoms with Gasteiger partial charge in [0.05, 0.1) is 5.39 Å². The Bertz CT molecular complexity index is 1310. The number of amides is 2. The molecule has 42 heavy (non-hydrogen) atoms. The van der Waals surface area contributed by atoms with Gasteiger partial charge < -0.3 is 41.0 Å². The maximum atomic E-state index is 12.4. The summed E-state index contributed by atoms with van der Waals surface area (Å²) in [6, 6.07) is 9.57. The number of carbonyl (C=O) groups is 2. The van der Waals surface area contributed by atoms with Gasteiger partial charge >= 0.3 is 6.03 Å². The fraction of sp³-hybridized carbons (Fsp3) is 0.517. The maximum absolute atomic E-state index is 12.4. The van der Waals surface area contributed by atoms with E-state index >= 15 is 0 Å². The quantitative estimate of drug-likeness (QED) is 0.161. The van der Waals surface area contributed by atoms with E-state index in [9.17, 15) is 15.0 Å². The number of hydrogen-bond acceptors (Lipinski definition) is 9. The second kappa shape index (κ2) is 14.4. The van der Waals surface area contributed by atoms with Gasteiger partial charge in [0, 0.05) is 37.6 Å². The lowest BCUT2D eigenvalue weighted by Crippen LogP contribution is -2.44. The summed E-state index contributed by atoms with van der Waals surface area (Å²) in [6.07, 6.45) is 0.210. The predicted octanol–water partition coefficient (Wildman–Crippen LogP) is 2.55. The first kappa shape index (κ1) is 32.7. The minimum atomic E-state index is -1.13. The normalized spacial score (nSPS) is 20.4. The standard InChI is InChI=1S/C28H41N7O4.CH2O2/c1-17(2)34(13-6-12-30-27(38)33-19-9-7-18(8-10-19)28(3,4)5)15-21-22(36)23(37)26(39-21)35-14-11-20-24(29)31-16-32-25(20)35;2-1-3/h7-11,14,16-17,21-23,26,36-37H,6,12-13,15H2,1-5H3,(H2,29,31,32)(H2,30,33,38);1H,(H,2,3)/t21-,22-,23-,26-;/m0./s1. The number of ether oxygens (including phenoxy) is 1. The Hall–Kier alpha value is -3.78. The summed E-state index contributed by atoms with van der Waals surface area (Å²) in [7, 11) is 0. The van der Waals surface area contributed by atoms with Crippen molar-refractivity contribution in [2.24, 2.45) is 0 Å². The van der Waals surface area contributed by atoms with Crippen molar-refractivity contribution in [3.63, 3.8) is 0 Å². The monoisotopic (exact) mass is 585 g/mol. The van der Waals surface area contributed by atoms with Crippen LogP contribution >= 0.6 is 0 Å². The Balaban J connectivity index is 0.00000155. The van der Waals surface area contributed by atoms with Gasteiger partial charge in [-0.05, 0) is 49.4 Å². The first-order valence-electron chi connectivity index (χ1n) is 13.9. The molecule has 1 aromatic carbocycles. The van der Waals surface area contributed by atoms with Crippen LogP contribution in [0.2, 0.25) is 0 Å². The fourth-order valence-electron chi connectivity index (χ4n) is 4.81. The van der Waals surface area contributed by atoms with E-state index in [1.807, 2.05) is 24.3 Å². The van der Waals surface area contributed by atoms with Crippen molar-refractivity contribution >= 4 is 35.0 Å². The zero-order chi connectivity index (χ0) is 31.0. The SMILES string of the molecule is CC(C)N(CCCNC(=O)Nc1ccc(C(C)(C)C)cc1)C[C@@H]1O[C@H](n2ccc3c(N)ncnc32)[C@@H](O)[C@H]1O.O=CO. The predicted molar refractivity (Wildman–Crippen MR) is 160 cm³/mol. The highest BCUT2D eigenvalue weighted by atomic mass is 16.6. The number of aromatic nitrogens is 3. The molecule has 2 aromatic heterocycles. The molecule has 1 aliphatic heterocycles. The number of nitrogen functional groups attached to an aromatic ring is 1. The van der Waals surface area contributed by atoms with Crippen LogP contribution in [0.25, 0.3) is 11.0 Å². The molecule has 0 aliphatic carbocycles. The lowest BCUT2D eigenvalue weighted by atomic mass is 9.87. The molecule has 13 nitrogen and oxygen atoms in total. The Morgan fingerprint density at radius 3 is 2.45 bits per heavy atom. The highest BCUT2D eigenvalue weighted by Crippen LogP contribution is 2.33. The number of fused-ring (bicyclic) bond motifs is 1. The number of rotatable bonds is 9. The number of nitrogens with one attached hydrogen (secondary N) is 2. The third-order valence-corrected chi connectivity index (χ3v) is 7.21. The smallest absolute Gasteiger partial charge is 0.319 e. The van der Waals surface area contributed by atoms with Crippen LogP contribution in [0.5, 0.6) is 0 Å². The number of aliphatic hydroxyl groups excluding tert-OH is 2. The van der Waals surface area contributed by atoms with Crippen molar-refractivity contribution in [1.29, 1.82) is 0 Å². The first-order chi connectivity index (χ1) is 19.9. The summed E-state index contributed by atoms with van der Waals surface area (Å²) in [5.74, 6) is 0.343. The van der Waals surface area contributed by atoms with Crippen molar-refractivity contribution < 1.29 is 29.6 Å². The van der Waals surface area contributed by atoms with Gasteiger partial charge in [0.2, 0.25) is 0 Å². The first-order valence-corrected chi connectivity index (χ1v) is 13.9. The van der Waals surface area contributed by atoms with Crippen LogP contribution in [0.1, 0.15) is 52.8 Å². The molecule has 4 atom stereocenters. The number of aliphatic hydroxyl groups is 2. The summed E-state index contributed by atoms with van der Waals surface area (Å²) < 4.78 is 7.82. The molecule has 1 saturated heterocycles. The van der Waals surface area contributed by atoms with Crippen molar-refractivity contribution in [2.45, 2.75) is 77.0 Å². The van der Waals surface area contributed by atoms with Gasteiger partial charge in [0.15, 0.2) is 6.23 Å². The average Bonchev–Trinajstić information content (AvgIpc) is 3.47. The number of benzene rings is 1. The van der Waals surface area contributed by atoms with Crippen LogP contribution in [0.3, 0.4) is 0 Å². The highest BCUT2D eigenvalue weighted by molar-refractivity contribution is 5.89. The van der Waals surface area contributed by atoms with Crippen molar-refractivity contribution in [1.82, 2.24) is 24.8 Å². The van der Waals surface area contributed by atoms with Crippen LogP contribution in [0, 0.1) is 0 Å². The minimum Gasteiger partial charge on any atom is -0.483 e. The third-order valence-electron chi connectivity index (χ3n) is 7.21. The van der Waals surface area contributed by atoms with Crippen LogP contribution in [-0.2, 0) is 14.9 Å². The zero-order valence-corrected chi connectivity index (χ0v) is 24.8. The van der Waals surface area contributed by atoms with E-state index in [-0.39, 0.29) is 24.0 Å². The molecule has 230 valence electrons. The summed E-state index contributed by atoms with van der Waals surface area (Å²) in [5, 5.41) is 34.9. The van der Waals surface area contributed by atoms with E-state index in [0.29, 0.717) is 42.9 Å². The lowest BCUT2D eigenvalue weighted by Gasteiger charge is -2.30. The molecule has 7 N–H and O–H groups in total. The molecule has 1 aliphatic rings. The van der Waals surface area contributed by atoms with E-state index in [1.165, 1.54) is 11.9 Å². The number of urea groups is 1. The number of nitrogens with zero attached hydrogens (tertiary/aromatic N) is 4. The maximum Gasteiger partial charge on any atom is 0.319 e. The largest absolute Gasteiger partial charge is 0.483 e. The van der Waals surface area contributed by atoms with Gasteiger partial charge in [-0.1, -0.05) is 32.9 Å². The number of hydrogen-bond donors (Lipinski definition) is 6. The van der Waals surface area contributed by atoms with Gasteiger partial charge in [0.1, 0.15) is 36.1 Å². The third kappa shape index (κ3) is 8.16. The van der Waals surface area contributed by atoms with Gasteiger partial charge in [0.25, 0.3) is 6.47 Å². The molecular weight excluding hydrogens is 542 g/mol. The summed E-state index contributed by atoms with van der Waals surface area (Å²) in [4.78, 5) is 31.2. The molecule has 0 bridgehead atoms. The molecule has 3 aromatic rings. The Labute approximate surface area is 245 Å². The van der Waals surface area contributed by atoms with Gasteiger partial charge in [-0.3, -0.25) is 9.69 Å². The summed E-state index contributed by atoms with van der Waals surface area (Å²) in [5.41, 5.74) is 8.48. The van der Waals surface area contributed by atoms with Crippen LogP contribution < -0.4 is 16.4 Å². The van der Waals surface area contributed by atoms with Gasteiger partial charge in [-0.15, -0.1) is 0 Å². The fourth-order valence-corrected chi connectivity index (χ4v) is 4.81. The average molecular weight is 586 g/mol. The molecule has 1 fully saturated rings. The van der Waals surface area contributed by atoms with Crippen molar-refractivity contribution in [3.8, 4) is 0 Å². The molecule has 4 rings (SSSR count). The Morgan fingerprint density at radius 2 is 1.83 bits per heavy atom. The van der Waals surface area contributed by atoms with E-state index in [0.717, 1.165) is 5.69 Å². The minimum absolute atomic E-state index is 0.0573. The molecular formula is C29H43N7O6. The van der Waals surface area contributed by atoms with E-state index < -0.39 is 24.5 Å². The second-order valence-corrected chi connectivity index (χ2v) is 11.5. The zero-order valence-electron chi connectivity index (χ0n) is 24.8. The second-order valence-electron chi connectivity index (χ2n) is 11.5. The lowest BCUT2D eigenvalue weighted by molar-refractivity contribution is -0.122. The number of carbonyl (C=O) groups excluding carboxylic acids is 1. The topological polar surface area (TPSA) is 188 Å². The molecule has 0 saturated carbocycles. The van der Waals surface area contributed by atoms with Crippen LogP contribution in [0.15, 0.2) is 42.9 Å². The van der Waals surface area contributed by atoms with E-state index in [1.54, 1.807) is 16.8 Å². The molecule has 3 heterocycles. The van der Waals surface area contributed by atoms with Gasteiger partial charge in [-0.2, -0.15) is 0 Å². The summed E-state index contributed by atoms with van der Waals surface area (Å²) >= 11 is 0. The molecule has 0 spiro atoms. The van der Waals surface area contributed by atoms with Crippen molar-refractivity contribution in [2.75, 3.05) is 30.7 Å². The number of nitrogens with two attached hydrogens (primary N) is 1. The highest BCUT2D eigenvalue weighted by Gasteiger charge is 2.44.